The van der Waals surface area contributed by atoms with E-state index in [1.807, 2.05) is 52.0 Å². The highest BCUT2D eigenvalue weighted by atomic mass is 32.1. The smallest absolute Gasteiger partial charge is 0.329 e. The lowest BCUT2D eigenvalue weighted by Crippen LogP contribution is -2.47. The van der Waals surface area contributed by atoms with E-state index in [0.29, 0.717) is 18.7 Å². The Hall–Kier alpha value is -2.93. The Kier molecular flexibility index (Phi) is 9.26. The van der Waals surface area contributed by atoms with E-state index in [1.54, 1.807) is 18.5 Å². The van der Waals surface area contributed by atoms with Crippen molar-refractivity contribution in [1.82, 2.24) is 15.3 Å². The van der Waals surface area contributed by atoms with Gasteiger partial charge < -0.3 is 10.1 Å². The Labute approximate surface area is 213 Å². The third kappa shape index (κ3) is 7.52. The molecular formula is C28H35N3O3S. The SMILES string of the molecule is CCCC[C@H](NC(=O)[C@H](Cc1cccc2ccccc12)C(S)c1ncccn1)C(=O)OC(C)(C)C. The first-order valence-electron chi connectivity index (χ1n) is 12.1. The summed E-state index contributed by atoms with van der Waals surface area (Å²) < 4.78 is 5.60. The summed E-state index contributed by atoms with van der Waals surface area (Å²) in [6.07, 6.45) is 5.92. The van der Waals surface area contributed by atoms with Crippen molar-refractivity contribution in [2.45, 2.75) is 70.3 Å². The molecule has 1 amide bonds. The molecule has 3 rings (SSSR count). The van der Waals surface area contributed by atoms with Gasteiger partial charge in [0.05, 0.1) is 11.2 Å². The lowest BCUT2D eigenvalue weighted by atomic mass is 9.91. The number of hydrogen-bond acceptors (Lipinski definition) is 6. The summed E-state index contributed by atoms with van der Waals surface area (Å²) in [7, 11) is 0. The summed E-state index contributed by atoms with van der Waals surface area (Å²) >= 11 is 4.79. The number of hydrogen-bond donors (Lipinski definition) is 2. The number of nitrogens with zero attached hydrogens (tertiary/aromatic N) is 2. The van der Waals surface area contributed by atoms with Gasteiger partial charge in [-0.1, -0.05) is 62.2 Å². The molecule has 0 fully saturated rings. The third-order valence-electron chi connectivity index (χ3n) is 5.74. The number of amides is 1. The van der Waals surface area contributed by atoms with E-state index in [0.717, 1.165) is 29.2 Å². The molecular weight excluding hydrogens is 458 g/mol. The zero-order chi connectivity index (χ0) is 25.4. The number of thiol groups is 1. The summed E-state index contributed by atoms with van der Waals surface area (Å²) in [6.45, 7) is 7.52. The quantitative estimate of drug-likeness (QED) is 0.289. The molecule has 7 heteroatoms. The maximum absolute atomic E-state index is 13.7. The highest BCUT2D eigenvalue weighted by molar-refractivity contribution is 7.80. The fraction of sp³-hybridized carbons (Fsp3) is 0.429. The van der Waals surface area contributed by atoms with Crippen LogP contribution in [0.15, 0.2) is 60.9 Å². The van der Waals surface area contributed by atoms with Crippen molar-refractivity contribution in [1.29, 1.82) is 0 Å². The van der Waals surface area contributed by atoms with E-state index in [2.05, 4.69) is 33.5 Å². The highest BCUT2D eigenvalue weighted by Crippen LogP contribution is 2.31. The van der Waals surface area contributed by atoms with Crippen molar-refractivity contribution < 1.29 is 14.3 Å². The minimum absolute atomic E-state index is 0.266. The van der Waals surface area contributed by atoms with Crippen molar-refractivity contribution in [2.75, 3.05) is 0 Å². The number of unbranched alkanes of at least 4 members (excludes halogenated alkanes) is 1. The van der Waals surface area contributed by atoms with E-state index in [1.165, 1.54) is 0 Å². The standard InChI is InChI=1S/C28H35N3O3S/c1-5-6-15-23(27(33)34-28(2,3)4)31-26(32)22(24(35)25-29-16-10-17-30-25)18-20-13-9-12-19-11-7-8-14-21(19)20/h7-14,16-17,22-24,35H,5-6,15,18H2,1-4H3,(H,31,32)/t22-,23+,24?/m1/s1. The summed E-state index contributed by atoms with van der Waals surface area (Å²) in [5.74, 6) is -0.816. The van der Waals surface area contributed by atoms with Gasteiger partial charge in [0.1, 0.15) is 17.5 Å². The Morgan fingerprint density at radius 2 is 1.71 bits per heavy atom. The number of nitrogens with one attached hydrogen (secondary N) is 1. The molecule has 0 radical (unpaired) electrons. The molecule has 0 spiro atoms. The first-order valence-corrected chi connectivity index (χ1v) is 12.7. The molecule has 0 saturated carbocycles. The van der Waals surface area contributed by atoms with Gasteiger partial charge >= 0.3 is 5.97 Å². The van der Waals surface area contributed by atoms with Crippen LogP contribution < -0.4 is 5.32 Å². The summed E-state index contributed by atoms with van der Waals surface area (Å²) in [5.41, 5.74) is 0.388. The number of carbonyl (C=O) groups is 2. The van der Waals surface area contributed by atoms with E-state index in [-0.39, 0.29) is 5.91 Å². The molecule has 0 saturated heterocycles. The molecule has 3 atom stereocenters. The Bertz CT molecular complexity index is 1130. The second-order valence-corrected chi connectivity index (χ2v) is 10.3. The second kappa shape index (κ2) is 12.2. The zero-order valence-corrected chi connectivity index (χ0v) is 21.8. The lowest BCUT2D eigenvalue weighted by Gasteiger charge is -2.27. The highest BCUT2D eigenvalue weighted by Gasteiger charge is 2.33. The van der Waals surface area contributed by atoms with Crippen LogP contribution >= 0.6 is 12.6 Å². The van der Waals surface area contributed by atoms with Gasteiger partial charge in [-0.15, -0.1) is 0 Å². The fourth-order valence-corrected chi connectivity index (χ4v) is 4.38. The number of ether oxygens (including phenoxy) is 1. The molecule has 0 bridgehead atoms. The summed E-state index contributed by atoms with van der Waals surface area (Å²) in [6, 6.07) is 15.2. The molecule has 0 aliphatic heterocycles. The molecule has 3 aromatic rings. The van der Waals surface area contributed by atoms with Crippen molar-refractivity contribution in [3.8, 4) is 0 Å². The van der Waals surface area contributed by atoms with Crippen LogP contribution in [0.4, 0.5) is 0 Å². The van der Waals surface area contributed by atoms with Crippen molar-refractivity contribution >= 4 is 35.3 Å². The van der Waals surface area contributed by atoms with Crippen molar-refractivity contribution in [3.63, 3.8) is 0 Å². The molecule has 0 aliphatic carbocycles. The predicted octanol–water partition coefficient (Wildman–Crippen LogP) is 5.48. The zero-order valence-electron chi connectivity index (χ0n) is 20.9. The van der Waals surface area contributed by atoms with Crippen LogP contribution in [-0.2, 0) is 20.7 Å². The van der Waals surface area contributed by atoms with Crippen molar-refractivity contribution in [2.24, 2.45) is 5.92 Å². The van der Waals surface area contributed by atoms with E-state index >= 15 is 0 Å². The van der Waals surface area contributed by atoms with Crippen LogP contribution in [0.25, 0.3) is 10.8 Å². The average Bonchev–Trinajstić information content (AvgIpc) is 2.84. The largest absolute Gasteiger partial charge is 0.458 e. The molecule has 1 heterocycles. The molecule has 6 nitrogen and oxygen atoms in total. The Balaban J connectivity index is 1.92. The average molecular weight is 494 g/mol. The number of fused-ring (bicyclic) bond motifs is 1. The van der Waals surface area contributed by atoms with Crippen LogP contribution in [0.2, 0.25) is 0 Å². The molecule has 0 aliphatic rings. The van der Waals surface area contributed by atoms with Crippen LogP contribution in [0.1, 0.15) is 63.6 Å². The van der Waals surface area contributed by atoms with Gasteiger partial charge in [-0.3, -0.25) is 4.79 Å². The van der Waals surface area contributed by atoms with Gasteiger partial charge in [-0.05, 0) is 56.0 Å². The normalized spacial score (nSPS) is 14.2. The maximum Gasteiger partial charge on any atom is 0.329 e. The number of rotatable bonds is 10. The van der Waals surface area contributed by atoms with Crippen molar-refractivity contribution in [3.05, 3.63) is 72.3 Å². The fourth-order valence-electron chi connectivity index (χ4n) is 4.01. The third-order valence-corrected chi connectivity index (χ3v) is 6.33. The predicted molar refractivity (Wildman–Crippen MR) is 142 cm³/mol. The van der Waals surface area contributed by atoms with Gasteiger partial charge in [0.15, 0.2) is 0 Å². The monoisotopic (exact) mass is 493 g/mol. The molecule has 186 valence electrons. The van der Waals surface area contributed by atoms with Crippen LogP contribution in [-0.4, -0.2) is 33.5 Å². The van der Waals surface area contributed by atoms with E-state index in [4.69, 9.17) is 17.4 Å². The molecule has 1 aromatic heterocycles. The Morgan fingerprint density at radius 1 is 1.03 bits per heavy atom. The topological polar surface area (TPSA) is 81.2 Å². The van der Waals surface area contributed by atoms with Gasteiger partial charge in [0, 0.05) is 12.4 Å². The van der Waals surface area contributed by atoms with E-state index in [9.17, 15) is 9.59 Å². The number of esters is 1. The summed E-state index contributed by atoms with van der Waals surface area (Å²) in [4.78, 5) is 35.3. The summed E-state index contributed by atoms with van der Waals surface area (Å²) in [5, 5.41) is 4.60. The van der Waals surface area contributed by atoms with Crippen LogP contribution in [0.5, 0.6) is 0 Å². The van der Waals surface area contributed by atoms with Gasteiger partial charge in [-0.2, -0.15) is 12.6 Å². The Morgan fingerprint density at radius 3 is 2.40 bits per heavy atom. The van der Waals surface area contributed by atoms with Gasteiger partial charge in [0.2, 0.25) is 5.91 Å². The maximum atomic E-state index is 13.7. The minimum Gasteiger partial charge on any atom is -0.458 e. The number of carbonyl (C=O) groups excluding carboxylic acids is 2. The van der Waals surface area contributed by atoms with E-state index < -0.39 is 28.8 Å². The van der Waals surface area contributed by atoms with Gasteiger partial charge in [-0.25, -0.2) is 14.8 Å². The molecule has 1 unspecified atom stereocenters. The lowest BCUT2D eigenvalue weighted by molar-refractivity contribution is -0.159. The molecule has 2 aromatic carbocycles. The molecule has 1 N–H and O–H groups in total. The number of benzene rings is 2. The molecule has 35 heavy (non-hydrogen) atoms. The number of aromatic nitrogens is 2. The minimum atomic E-state index is -0.728. The first-order chi connectivity index (χ1) is 16.7. The first kappa shape index (κ1) is 26.7. The second-order valence-electron chi connectivity index (χ2n) is 9.74. The van der Waals surface area contributed by atoms with Gasteiger partial charge in [0.25, 0.3) is 0 Å². The van der Waals surface area contributed by atoms with Crippen LogP contribution in [0.3, 0.4) is 0 Å². The van der Waals surface area contributed by atoms with Crippen LogP contribution in [0, 0.1) is 5.92 Å².